The van der Waals surface area contributed by atoms with Crippen LogP contribution in [0.5, 0.6) is 0 Å². The molecule has 0 radical (unpaired) electrons. The van der Waals surface area contributed by atoms with Crippen molar-refractivity contribution in [2.75, 3.05) is 6.54 Å². The standard InChI is InChI=1S/C11H21NS/c1-5-11(9-6-10(9,3)4)12-7-8(2)13-11/h8-9,12H,5-7H2,1-4H3. The lowest BCUT2D eigenvalue weighted by Crippen LogP contribution is -2.40. The molecule has 0 spiro atoms. The summed E-state index contributed by atoms with van der Waals surface area (Å²) < 4.78 is 0. The van der Waals surface area contributed by atoms with Gasteiger partial charge in [0.25, 0.3) is 0 Å². The Morgan fingerprint density at radius 3 is 2.38 bits per heavy atom. The van der Waals surface area contributed by atoms with Crippen LogP contribution in [0.15, 0.2) is 0 Å². The van der Waals surface area contributed by atoms with Crippen molar-refractivity contribution >= 4 is 11.8 Å². The van der Waals surface area contributed by atoms with E-state index in [0.29, 0.717) is 10.3 Å². The summed E-state index contributed by atoms with van der Waals surface area (Å²) in [5.41, 5.74) is 0.597. The Hall–Kier alpha value is 0.310. The summed E-state index contributed by atoms with van der Waals surface area (Å²) >= 11 is 2.17. The Morgan fingerprint density at radius 1 is 1.46 bits per heavy atom. The first-order chi connectivity index (χ1) is 6.00. The van der Waals surface area contributed by atoms with Crippen molar-refractivity contribution in [3.05, 3.63) is 0 Å². The summed E-state index contributed by atoms with van der Waals surface area (Å²) in [6.45, 7) is 10.7. The number of hydrogen-bond acceptors (Lipinski definition) is 2. The molecular weight excluding hydrogens is 178 g/mol. The second-order valence-corrected chi connectivity index (χ2v) is 7.07. The molecule has 0 aromatic rings. The van der Waals surface area contributed by atoms with Gasteiger partial charge in [-0.3, -0.25) is 0 Å². The van der Waals surface area contributed by atoms with E-state index in [1.54, 1.807) is 0 Å². The van der Waals surface area contributed by atoms with Crippen molar-refractivity contribution in [2.24, 2.45) is 11.3 Å². The van der Waals surface area contributed by atoms with Gasteiger partial charge in [-0.25, -0.2) is 0 Å². The van der Waals surface area contributed by atoms with Gasteiger partial charge in [0, 0.05) is 11.8 Å². The summed E-state index contributed by atoms with van der Waals surface area (Å²) in [5, 5.41) is 4.55. The molecule has 2 heteroatoms. The zero-order valence-electron chi connectivity index (χ0n) is 9.18. The topological polar surface area (TPSA) is 12.0 Å². The monoisotopic (exact) mass is 199 g/mol. The van der Waals surface area contributed by atoms with Gasteiger partial charge in [-0.1, -0.05) is 27.7 Å². The predicted octanol–water partition coefficient (Wildman–Crippen LogP) is 2.86. The molecule has 3 atom stereocenters. The maximum atomic E-state index is 3.75. The van der Waals surface area contributed by atoms with Crippen molar-refractivity contribution in [1.29, 1.82) is 0 Å². The van der Waals surface area contributed by atoms with Gasteiger partial charge in [-0.15, -0.1) is 11.8 Å². The molecule has 2 aliphatic rings. The predicted molar refractivity (Wildman–Crippen MR) is 60.0 cm³/mol. The molecule has 2 fully saturated rings. The quantitative estimate of drug-likeness (QED) is 0.734. The highest BCUT2D eigenvalue weighted by Gasteiger charge is 2.59. The van der Waals surface area contributed by atoms with Gasteiger partial charge < -0.3 is 5.32 Å². The SMILES string of the molecule is CCC1(C2CC2(C)C)NCC(C)S1. The van der Waals surface area contributed by atoms with E-state index in [1.165, 1.54) is 19.4 Å². The molecule has 13 heavy (non-hydrogen) atoms. The highest BCUT2D eigenvalue weighted by atomic mass is 32.2. The van der Waals surface area contributed by atoms with Crippen molar-refractivity contribution in [3.63, 3.8) is 0 Å². The van der Waals surface area contributed by atoms with Crippen LogP contribution in [0.2, 0.25) is 0 Å². The fourth-order valence-corrected chi connectivity index (χ4v) is 4.47. The van der Waals surface area contributed by atoms with Gasteiger partial charge in [0.2, 0.25) is 0 Å². The molecule has 0 amide bonds. The molecule has 1 saturated heterocycles. The molecule has 0 bridgehead atoms. The van der Waals surface area contributed by atoms with E-state index in [1.807, 2.05) is 0 Å². The fourth-order valence-electron chi connectivity index (χ4n) is 2.68. The Kier molecular flexibility index (Phi) is 2.20. The minimum Gasteiger partial charge on any atom is -0.301 e. The highest BCUT2D eigenvalue weighted by Crippen LogP contribution is 2.62. The zero-order valence-corrected chi connectivity index (χ0v) is 10.0. The van der Waals surface area contributed by atoms with Crippen LogP contribution < -0.4 is 5.32 Å². The summed E-state index contributed by atoms with van der Waals surface area (Å²) in [7, 11) is 0. The summed E-state index contributed by atoms with van der Waals surface area (Å²) in [4.78, 5) is 0.420. The first kappa shape index (κ1) is 9.85. The van der Waals surface area contributed by atoms with Crippen molar-refractivity contribution in [3.8, 4) is 0 Å². The number of thioether (sulfide) groups is 1. The Labute approximate surface area is 86.0 Å². The molecule has 0 aromatic heterocycles. The van der Waals surface area contributed by atoms with Crippen LogP contribution in [0.3, 0.4) is 0 Å². The smallest absolute Gasteiger partial charge is 0.0679 e. The fraction of sp³-hybridized carbons (Fsp3) is 1.00. The average molecular weight is 199 g/mol. The Balaban J connectivity index is 2.10. The minimum atomic E-state index is 0.420. The third kappa shape index (κ3) is 1.52. The molecule has 0 aromatic carbocycles. The lowest BCUT2D eigenvalue weighted by molar-refractivity contribution is 0.376. The minimum absolute atomic E-state index is 0.420. The molecule has 76 valence electrons. The van der Waals surface area contributed by atoms with Crippen LogP contribution in [0.1, 0.15) is 40.5 Å². The molecule has 1 N–H and O–H groups in total. The molecule has 1 heterocycles. The van der Waals surface area contributed by atoms with Gasteiger partial charge in [0.1, 0.15) is 0 Å². The van der Waals surface area contributed by atoms with E-state index in [0.717, 1.165) is 11.2 Å². The third-order valence-corrected chi connectivity index (χ3v) is 5.41. The first-order valence-corrected chi connectivity index (χ1v) is 6.31. The van der Waals surface area contributed by atoms with Crippen LogP contribution in [-0.4, -0.2) is 16.7 Å². The van der Waals surface area contributed by atoms with E-state index >= 15 is 0 Å². The van der Waals surface area contributed by atoms with Crippen LogP contribution in [0, 0.1) is 11.3 Å². The van der Waals surface area contributed by atoms with Gasteiger partial charge in [-0.05, 0) is 24.2 Å². The van der Waals surface area contributed by atoms with Gasteiger partial charge in [0.05, 0.1) is 4.87 Å². The first-order valence-electron chi connectivity index (χ1n) is 5.43. The van der Waals surface area contributed by atoms with Crippen molar-refractivity contribution in [2.45, 2.75) is 50.7 Å². The number of hydrogen-bond donors (Lipinski definition) is 1. The van der Waals surface area contributed by atoms with E-state index in [9.17, 15) is 0 Å². The number of rotatable bonds is 2. The molecule has 1 aliphatic heterocycles. The van der Waals surface area contributed by atoms with E-state index in [2.05, 4.69) is 44.8 Å². The molecule has 1 saturated carbocycles. The van der Waals surface area contributed by atoms with Crippen molar-refractivity contribution < 1.29 is 0 Å². The highest BCUT2D eigenvalue weighted by molar-refractivity contribution is 8.01. The van der Waals surface area contributed by atoms with Crippen LogP contribution >= 0.6 is 11.8 Å². The normalized spacial score (nSPS) is 48.0. The maximum absolute atomic E-state index is 3.75. The summed E-state index contributed by atoms with van der Waals surface area (Å²) in [6.07, 6.45) is 2.68. The van der Waals surface area contributed by atoms with Crippen molar-refractivity contribution in [1.82, 2.24) is 5.32 Å². The largest absolute Gasteiger partial charge is 0.301 e. The Morgan fingerprint density at radius 2 is 2.08 bits per heavy atom. The second-order valence-electron chi connectivity index (χ2n) is 5.30. The third-order valence-electron chi connectivity index (χ3n) is 3.70. The molecule has 2 rings (SSSR count). The van der Waals surface area contributed by atoms with E-state index in [-0.39, 0.29) is 0 Å². The average Bonchev–Trinajstić information content (AvgIpc) is 2.56. The molecule has 3 unspecified atom stereocenters. The lowest BCUT2D eigenvalue weighted by atomic mass is 10.0. The molecular formula is C11H21NS. The van der Waals surface area contributed by atoms with Gasteiger partial charge >= 0.3 is 0 Å². The van der Waals surface area contributed by atoms with Crippen LogP contribution in [-0.2, 0) is 0 Å². The molecule has 1 aliphatic carbocycles. The van der Waals surface area contributed by atoms with E-state index < -0.39 is 0 Å². The van der Waals surface area contributed by atoms with Crippen LogP contribution in [0.4, 0.5) is 0 Å². The maximum Gasteiger partial charge on any atom is 0.0679 e. The molecule has 1 nitrogen and oxygen atoms in total. The summed E-state index contributed by atoms with van der Waals surface area (Å²) in [6, 6.07) is 0. The number of nitrogens with one attached hydrogen (secondary N) is 1. The van der Waals surface area contributed by atoms with Gasteiger partial charge in [-0.2, -0.15) is 0 Å². The summed E-state index contributed by atoms with van der Waals surface area (Å²) in [5.74, 6) is 0.903. The second kappa shape index (κ2) is 2.90. The Bertz CT molecular complexity index is 214. The van der Waals surface area contributed by atoms with Gasteiger partial charge in [0.15, 0.2) is 0 Å². The van der Waals surface area contributed by atoms with Crippen LogP contribution in [0.25, 0.3) is 0 Å². The van der Waals surface area contributed by atoms with E-state index in [4.69, 9.17) is 0 Å². The zero-order chi connectivity index (χ0) is 9.69. The lowest BCUT2D eigenvalue weighted by Gasteiger charge is -2.29.